The standard InChI is InChI=1S/C27H30ClF4N5O5/c28-16-6-12(23(29)22-15(16)11-36(25(22)40)19-3-4-21(38)35-24(19)39)10-34-26(41)42-14-7-13(8-14)37-18-2-1-5-33-17(18)9-20(37)27(30,31)32/h6,13-14,17-20,33H,1-5,7-11H2,(H,34,41)(H,35,38,39). The number of benzene rings is 1. The number of hydrogen-bond donors (Lipinski definition) is 3. The minimum absolute atomic E-state index is 0.0133. The molecule has 4 heterocycles. The Morgan fingerprint density at radius 1 is 1.17 bits per heavy atom. The number of alkyl carbamates (subject to hydrolysis) is 1. The molecule has 5 aliphatic rings. The highest BCUT2D eigenvalue weighted by atomic mass is 35.5. The third-order valence-electron chi connectivity index (χ3n) is 9.12. The Hall–Kier alpha value is -2.97. The lowest BCUT2D eigenvalue weighted by Crippen LogP contribution is -2.58. The summed E-state index contributed by atoms with van der Waals surface area (Å²) in [6.45, 7) is 0.258. The Labute approximate surface area is 243 Å². The lowest BCUT2D eigenvalue weighted by molar-refractivity contribution is -0.193. The monoisotopic (exact) mass is 615 g/mol. The zero-order valence-corrected chi connectivity index (χ0v) is 23.2. The van der Waals surface area contributed by atoms with Crippen molar-refractivity contribution in [3.05, 3.63) is 33.6 Å². The van der Waals surface area contributed by atoms with Gasteiger partial charge in [0.25, 0.3) is 5.91 Å². The van der Waals surface area contributed by atoms with Gasteiger partial charge >= 0.3 is 12.3 Å². The van der Waals surface area contributed by atoms with E-state index in [2.05, 4.69) is 16.0 Å². The van der Waals surface area contributed by atoms with E-state index in [0.717, 1.165) is 6.42 Å². The highest BCUT2D eigenvalue weighted by Gasteiger charge is 2.57. The molecule has 4 amide bonds. The quantitative estimate of drug-likeness (QED) is 0.344. The van der Waals surface area contributed by atoms with E-state index in [9.17, 15) is 32.3 Å². The molecule has 4 atom stereocenters. The first-order valence-electron chi connectivity index (χ1n) is 14.1. The number of carbonyl (C=O) groups excluding carboxylic acids is 4. The molecule has 0 bridgehead atoms. The number of nitrogens with zero attached hydrogens (tertiary/aromatic N) is 2. The predicted molar refractivity (Wildman–Crippen MR) is 139 cm³/mol. The van der Waals surface area contributed by atoms with Crippen LogP contribution in [0.2, 0.25) is 5.02 Å². The molecule has 4 fully saturated rings. The number of rotatable bonds is 5. The molecule has 4 unspecified atom stereocenters. The molecule has 3 N–H and O–H groups in total. The van der Waals surface area contributed by atoms with Crippen LogP contribution in [-0.4, -0.2) is 82.6 Å². The number of imide groups is 1. The summed E-state index contributed by atoms with van der Waals surface area (Å²) < 4.78 is 62.2. The Morgan fingerprint density at radius 2 is 1.93 bits per heavy atom. The largest absolute Gasteiger partial charge is 0.446 e. The maximum absolute atomic E-state index is 15.4. The topological polar surface area (TPSA) is 120 Å². The van der Waals surface area contributed by atoms with Crippen molar-refractivity contribution in [2.45, 2.75) is 101 Å². The van der Waals surface area contributed by atoms with Crippen molar-refractivity contribution in [2.24, 2.45) is 0 Å². The van der Waals surface area contributed by atoms with Crippen LogP contribution in [0.25, 0.3) is 0 Å². The fourth-order valence-electron chi connectivity index (χ4n) is 7.03. The lowest BCUT2D eigenvalue weighted by Gasteiger charge is -2.46. The number of piperidine rings is 2. The number of ether oxygens (including phenoxy) is 1. The second-order valence-electron chi connectivity index (χ2n) is 11.6. The number of amides is 4. The normalized spacial score (nSPS) is 31.4. The number of fused-ring (bicyclic) bond motifs is 2. The summed E-state index contributed by atoms with van der Waals surface area (Å²) in [7, 11) is 0. The molecular formula is C27H30ClF4N5O5. The predicted octanol–water partition coefficient (Wildman–Crippen LogP) is 2.75. The Bertz CT molecular complexity index is 1320. The van der Waals surface area contributed by atoms with Crippen molar-refractivity contribution in [3.63, 3.8) is 0 Å². The van der Waals surface area contributed by atoms with E-state index in [1.807, 2.05) is 0 Å². The van der Waals surface area contributed by atoms with Crippen molar-refractivity contribution in [1.29, 1.82) is 0 Å². The number of halogens is 5. The molecule has 0 aromatic heterocycles. The summed E-state index contributed by atoms with van der Waals surface area (Å²) in [4.78, 5) is 52.0. The number of hydrogen-bond acceptors (Lipinski definition) is 7. The van der Waals surface area contributed by atoms with Crippen molar-refractivity contribution in [1.82, 2.24) is 25.8 Å². The molecule has 3 saturated heterocycles. The van der Waals surface area contributed by atoms with Crippen LogP contribution in [0.15, 0.2) is 6.07 Å². The Kier molecular flexibility index (Phi) is 7.59. The Balaban J connectivity index is 1.05. The second kappa shape index (κ2) is 10.9. The van der Waals surface area contributed by atoms with Gasteiger partial charge in [-0.25, -0.2) is 9.18 Å². The molecule has 1 saturated carbocycles. The molecule has 15 heteroatoms. The molecule has 4 aliphatic heterocycles. The van der Waals surface area contributed by atoms with Gasteiger partial charge < -0.3 is 20.3 Å². The molecule has 1 aliphatic carbocycles. The average molecular weight is 616 g/mol. The van der Waals surface area contributed by atoms with E-state index in [1.165, 1.54) is 11.0 Å². The van der Waals surface area contributed by atoms with Gasteiger partial charge in [0.1, 0.15) is 24.0 Å². The van der Waals surface area contributed by atoms with Crippen molar-refractivity contribution in [2.75, 3.05) is 6.54 Å². The summed E-state index contributed by atoms with van der Waals surface area (Å²) in [5.74, 6) is -2.71. The number of likely N-dealkylation sites (tertiary alicyclic amines) is 1. The van der Waals surface area contributed by atoms with Crippen LogP contribution in [0, 0.1) is 5.82 Å². The highest BCUT2D eigenvalue weighted by molar-refractivity contribution is 6.32. The smallest absolute Gasteiger partial charge is 0.407 e. The molecule has 228 valence electrons. The van der Waals surface area contributed by atoms with Crippen LogP contribution in [-0.2, 0) is 27.4 Å². The van der Waals surface area contributed by atoms with E-state index >= 15 is 4.39 Å². The first kappa shape index (κ1) is 29.1. The van der Waals surface area contributed by atoms with Crippen LogP contribution >= 0.6 is 11.6 Å². The molecule has 1 aromatic rings. The second-order valence-corrected chi connectivity index (χ2v) is 12.0. The minimum atomic E-state index is -4.34. The van der Waals surface area contributed by atoms with E-state index in [-0.39, 0.29) is 85.0 Å². The summed E-state index contributed by atoms with van der Waals surface area (Å²) in [5.41, 5.74) is -0.147. The number of nitrogens with one attached hydrogen (secondary N) is 3. The van der Waals surface area contributed by atoms with Gasteiger partial charge in [-0.05, 0) is 38.3 Å². The van der Waals surface area contributed by atoms with E-state index < -0.39 is 54.0 Å². The van der Waals surface area contributed by atoms with Gasteiger partial charge in [-0.1, -0.05) is 11.6 Å². The van der Waals surface area contributed by atoms with Gasteiger partial charge in [-0.3, -0.25) is 24.6 Å². The minimum Gasteiger partial charge on any atom is -0.446 e. The van der Waals surface area contributed by atoms with Gasteiger partial charge in [0.2, 0.25) is 11.8 Å². The molecule has 0 spiro atoms. The van der Waals surface area contributed by atoms with Gasteiger partial charge in [0.15, 0.2) is 0 Å². The SMILES string of the molecule is O=C1CCC(N2Cc3c(Cl)cc(CNC(=O)OC4CC(N5C6CCCNC6CC5C(F)(F)F)C4)c(F)c3C2=O)C(=O)N1. The van der Waals surface area contributed by atoms with Crippen molar-refractivity contribution < 1.29 is 41.5 Å². The third-order valence-corrected chi connectivity index (χ3v) is 9.45. The van der Waals surface area contributed by atoms with Crippen LogP contribution < -0.4 is 16.0 Å². The summed E-state index contributed by atoms with van der Waals surface area (Å²) in [5, 5.41) is 7.90. The average Bonchev–Trinajstić information content (AvgIpc) is 3.46. The summed E-state index contributed by atoms with van der Waals surface area (Å²) in [6.07, 6.45) is -3.57. The lowest BCUT2D eigenvalue weighted by atomic mass is 9.86. The van der Waals surface area contributed by atoms with Crippen LogP contribution in [0.1, 0.15) is 66.4 Å². The molecule has 6 rings (SSSR count). The van der Waals surface area contributed by atoms with Crippen LogP contribution in [0.5, 0.6) is 0 Å². The fourth-order valence-corrected chi connectivity index (χ4v) is 7.32. The zero-order valence-electron chi connectivity index (χ0n) is 22.4. The zero-order chi connectivity index (χ0) is 29.9. The molecule has 42 heavy (non-hydrogen) atoms. The van der Waals surface area contributed by atoms with Crippen LogP contribution in [0.4, 0.5) is 22.4 Å². The van der Waals surface area contributed by atoms with E-state index in [0.29, 0.717) is 13.0 Å². The van der Waals surface area contributed by atoms with Gasteiger partial charge in [0.05, 0.1) is 5.56 Å². The summed E-state index contributed by atoms with van der Waals surface area (Å²) in [6, 6.07) is -1.93. The van der Waals surface area contributed by atoms with Crippen molar-refractivity contribution in [3.8, 4) is 0 Å². The third kappa shape index (κ3) is 5.21. The molecule has 0 radical (unpaired) electrons. The van der Waals surface area contributed by atoms with Gasteiger partial charge in [0, 0.05) is 66.6 Å². The molecule has 10 nitrogen and oxygen atoms in total. The fraction of sp³-hybridized carbons (Fsp3) is 0.630. The maximum Gasteiger partial charge on any atom is 0.407 e. The number of carbonyl (C=O) groups is 4. The van der Waals surface area contributed by atoms with Crippen molar-refractivity contribution >= 4 is 35.4 Å². The highest BCUT2D eigenvalue weighted by Crippen LogP contribution is 2.44. The Morgan fingerprint density at radius 3 is 2.64 bits per heavy atom. The maximum atomic E-state index is 15.4. The van der Waals surface area contributed by atoms with E-state index in [4.69, 9.17) is 16.3 Å². The van der Waals surface area contributed by atoms with Crippen LogP contribution in [0.3, 0.4) is 0 Å². The van der Waals surface area contributed by atoms with Gasteiger partial charge in [-0.2, -0.15) is 13.2 Å². The number of alkyl halides is 3. The van der Waals surface area contributed by atoms with Gasteiger partial charge in [-0.15, -0.1) is 0 Å². The summed E-state index contributed by atoms with van der Waals surface area (Å²) >= 11 is 6.34. The molecule has 1 aromatic carbocycles. The first-order chi connectivity index (χ1) is 19.9. The molecular weight excluding hydrogens is 586 g/mol. The first-order valence-corrected chi connectivity index (χ1v) is 14.5. The van der Waals surface area contributed by atoms with E-state index in [1.54, 1.807) is 4.90 Å².